The molecule has 0 unspecified atom stereocenters. The van der Waals surface area contributed by atoms with Gasteiger partial charge in [-0.25, -0.2) is 0 Å². The van der Waals surface area contributed by atoms with E-state index < -0.39 is 5.97 Å². The molecule has 1 aliphatic rings. The second kappa shape index (κ2) is 5.29. The fraction of sp³-hybridized carbons (Fsp3) is 0.462. The van der Waals surface area contributed by atoms with Crippen molar-refractivity contribution in [1.29, 1.82) is 0 Å². The molecule has 2 rings (SSSR count). The van der Waals surface area contributed by atoms with E-state index in [-0.39, 0.29) is 11.8 Å². The molecular formula is C13H17NO3. The average Bonchev–Trinajstić information content (AvgIpc) is 2.79. The van der Waals surface area contributed by atoms with Crippen molar-refractivity contribution in [3.8, 4) is 0 Å². The van der Waals surface area contributed by atoms with Gasteiger partial charge in [-0.2, -0.15) is 0 Å². The monoisotopic (exact) mass is 235 g/mol. The van der Waals surface area contributed by atoms with E-state index in [1.54, 1.807) is 7.11 Å². The first-order chi connectivity index (χ1) is 8.22. The molecule has 1 saturated heterocycles. The van der Waals surface area contributed by atoms with E-state index >= 15 is 0 Å². The molecule has 92 valence electrons. The van der Waals surface area contributed by atoms with E-state index in [1.165, 1.54) is 0 Å². The van der Waals surface area contributed by atoms with Crippen molar-refractivity contribution in [3.05, 3.63) is 35.4 Å². The topological polar surface area (TPSA) is 58.6 Å². The fourth-order valence-electron chi connectivity index (χ4n) is 2.32. The fourth-order valence-corrected chi connectivity index (χ4v) is 2.32. The molecule has 1 aliphatic heterocycles. The van der Waals surface area contributed by atoms with Gasteiger partial charge < -0.3 is 15.2 Å². The van der Waals surface area contributed by atoms with Crippen LogP contribution in [0.3, 0.4) is 0 Å². The number of benzene rings is 1. The van der Waals surface area contributed by atoms with E-state index in [1.807, 2.05) is 24.3 Å². The third-order valence-electron chi connectivity index (χ3n) is 3.25. The summed E-state index contributed by atoms with van der Waals surface area (Å²) >= 11 is 0. The molecule has 0 aromatic heterocycles. The van der Waals surface area contributed by atoms with E-state index in [4.69, 9.17) is 9.84 Å². The van der Waals surface area contributed by atoms with Crippen molar-refractivity contribution in [1.82, 2.24) is 5.32 Å². The Hall–Kier alpha value is -1.39. The minimum Gasteiger partial charge on any atom is -0.481 e. The van der Waals surface area contributed by atoms with Gasteiger partial charge in [-0.1, -0.05) is 24.3 Å². The van der Waals surface area contributed by atoms with Crippen LogP contribution in [0.4, 0.5) is 0 Å². The second-order valence-corrected chi connectivity index (χ2v) is 4.38. The third kappa shape index (κ3) is 2.65. The molecule has 0 aliphatic carbocycles. The van der Waals surface area contributed by atoms with Gasteiger partial charge in [0.2, 0.25) is 0 Å². The molecule has 4 nitrogen and oxygen atoms in total. The number of hydrogen-bond acceptors (Lipinski definition) is 3. The lowest BCUT2D eigenvalue weighted by Crippen LogP contribution is -2.20. The number of carbonyl (C=O) groups is 1. The van der Waals surface area contributed by atoms with Gasteiger partial charge in [0.05, 0.1) is 12.5 Å². The molecule has 1 aromatic rings. The normalized spacial score (nSPS) is 23.8. The maximum atomic E-state index is 11.1. The molecule has 0 bridgehead atoms. The quantitative estimate of drug-likeness (QED) is 0.824. The maximum Gasteiger partial charge on any atom is 0.308 e. The summed E-state index contributed by atoms with van der Waals surface area (Å²) in [7, 11) is 1.66. The summed E-state index contributed by atoms with van der Waals surface area (Å²) in [5, 5.41) is 12.3. The molecule has 0 saturated carbocycles. The first kappa shape index (κ1) is 12.1. The Kier molecular flexibility index (Phi) is 3.76. The highest BCUT2D eigenvalue weighted by molar-refractivity contribution is 5.72. The molecule has 17 heavy (non-hydrogen) atoms. The van der Waals surface area contributed by atoms with Crippen LogP contribution >= 0.6 is 0 Å². The predicted octanol–water partition coefficient (Wildman–Crippen LogP) is 1.22. The van der Waals surface area contributed by atoms with Crippen LogP contribution in [0, 0.1) is 5.92 Å². The smallest absolute Gasteiger partial charge is 0.308 e. The zero-order valence-electron chi connectivity index (χ0n) is 9.85. The van der Waals surface area contributed by atoms with Crippen molar-refractivity contribution in [2.75, 3.05) is 20.2 Å². The van der Waals surface area contributed by atoms with Gasteiger partial charge in [0, 0.05) is 26.1 Å². The molecule has 1 fully saturated rings. The predicted molar refractivity (Wildman–Crippen MR) is 63.9 cm³/mol. The van der Waals surface area contributed by atoms with Gasteiger partial charge in [0.1, 0.15) is 0 Å². The third-order valence-corrected chi connectivity index (χ3v) is 3.25. The van der Waals surface area contributed by atoms with Gasteiger partial charge >= 0.3 is 5.97 Å². The largest absolute Gasteiger partial charge is 0.481 e. The minimum absolute atomic E-state index is 0.0732. The first-order valence-electron chi connectivity index (χ1n) is 5.73. The lowest BCUT2D eigenvalue weighted by molar-refractivity contribution is -0.141. The Morgan fingerprint density at radius 3 is 2.71 bits per heavy atom. The molecule has 2 N–H and O–H groups in total. The van der Waals surface area contributed by atoms with Gasteiger partial charge in [0.25, 0.3) is 0 Å². The van der Waals surface area contributed by atoms with Crippen LogP contribution in [0.1, 0.15) is 17.0 Å². The lowest BCUT2D eigenvalue weighted by atomic mass is 9.88. The summed E-state index contributed by atoms with van der Waals surface area (Å²) in [6.07, 6.45) is 0. The zero-order valence-corrected chi connectivity index (χ0v) is 9.85. The van der Waals surface area contributed by atoms with Crippen molar-refractivity contribution >= 4 is 5.97 Å². The summed E-state index contributed by atoms with van der Waals surface area (Å²) in [6, 6.07) is 8.00. The minimum atomic E-state index is -0.721. The van der Waals surface area contributed by atoms with Crippen LogP contribution in [0.2, 0.25) is 0 Å². The van der Waals surface area contributed by atoms with Gasteiger partial charge in [-0.3, -0.25) is 4.79 Å². The summed E-state index contributed by atoms with van der Waals surface area (Å²) in [5.41, 5.74) is 2.19. The van der Waals surface area contributed by atoms with Crippen LogP contribution in [0.5, 0.6) is 0 Å². The standard InChI is InChI=1S/C13H17NO3/c1-17-8-9-2-4-10(5-3-9)11-6-14-7-12(11)13(15)16/h2-5,11-12,14H,6-8H2,1H3,(H,15,16)/t11-,12+/m0/s1. The number of carboxylic acids is 1. The number of hydrogen-bond donors (Lipinski definition) is 2. The summed E-state index contributed by atoms with van der Waals surface area (Å²) in [5.74, 6) is -0.965. The molecule has 2 atom stereocenters. The molecule has 1 heterocycles. The molecular weight excluding hydrogens is 218 g/mol. The summed E-state index contributed by atoms with van der Waals surface area (Å²) in [4.78, 5) is 11.1. The van der Waals surface area contributed by atoms with E-state index in [0.29, 0.717) is 13.2 Å². The van der Waals surface area contributed by atoms with Crippen molar-refractivity contribution in [2.24, 2.45) is 5.92 Å². The lowest BCUT2D eigenvalue weighted by Gasteiger charge is -2.15. The molecule has 0 radical (unpaired) electrons. The number of rotatable bonds is 4. The van der Waals surface area contributed by atoms with Crippen LogP contribution in [0.25, 0.3) is 0 Å². The van der Waals surface area contributed by atoms with Crippen molar-refractivity contribution < 1.29 is 14.6 Å². The van der Waals surface area contributed by atoms with Crippen LogP contribution in [-0.4, -0.2) is 31.3 Å². The number of ether oxygens (including phenoxy) is 1. The highest BCUT2D eigenvalue weighted by Gasteiger charge is 2.33. The molecule has 4 heteroatoms. The Bertz CT molecular complexity index is 388. The Balaban J connectivity index is 2.13. The molecule has 0 spiro atoms. The van der Waals surface area contributed by atoms with Crippen LogP contribution in [-0.2, 0) is 16.1 Å². The SMILES string of the molecule is COCc1ccc([C@@H]2CNC[C@H]2C(=O)O)cc1. The van der Waals surface area contributed by atoms with Gasteiger partial charge in [0.15, 0.2) is 0 Å². The van der Waals surface area contributed by atoms with Gasteiger partial charge in [-0.15, -0.1) is 0 Å². The summed E-state index contributed by atoms with van der Waals surface area (Å²) in [6.45, 7) is 1.88. The van der Waals surface area contributed by atoms with E-state index in [9.17, 15) is 4.79 Å². The highest BCUT2D eigenvalue weighted by Crippen LogP contribution is 2.28. The Morgan fingerprint density at radius 2 is 2.12 bits per heavy atom. The summed E-state index contributed by atoms with van der Waals surface area (Å²) < 4.78 is 5.05. The Morgan fingerprint density at radius 1 is 1.41 bits per heavy atom. The number of aliphatic carboxylic acids is 1. The zero-order chi connectivity index (χ0) is 12.3. The molecule has 1 aromatic carbocycles. The maximum absolute atomic E-state index is 11.1. The number of nitrogens with one attached hydrogen (secondary N) is 1. The average molecular weight is 235 g/mol. The van der Waals surface area contributed by atoms with Crippen molar-refractivity contribution in [3.63, 3.8) is 0 Å². The van der Waals surface area contributed by atoms with Crippen LogP contribution in [0.15, 0.2) is 24.3 Å². The van der Waals surface area contributed by atoms with E-state index in [2.05, 4.69) is 5.32 Å². The van der Waals surface area contributed by atoms with Gasteiger partial charge in [-0.05, 0) is 11.1 Å². The highest BCUT2D eigenvalue weighted by atomic mass is 16.5. The first-order valence-corrected chi connectivity index (χ1v) is 5.73. The Labute approximate surface area is 101 Å². The second-order valence-electron chi connectivity index (χ2n) is 4.38. The molecule has 0 amide bonds. The van der Waals surface area contributed by atoms with Crippen LogP contribution < -0.4 is 5.32 Å². The van der Waals surface area contributed by atoms with E-state index in [0.717, 1.165) is 17.7 Å². The number of methoxy groups -OCH3 is 1. The van der Waals surface area contributed by atoms with Crippen molar-refractivity contribution in [2.45, 2.75) is 12.5 Å². The number of carboxylic acid groups (broad SMARTS) is 1.